The summed E-state index contributed by atoms with van der Waals surface area (Å²) in [4.78, 5) is 55.2. The summed E-state index contributed by atoms with van der Waals surface area (Å²) < 4.78 is 17.5. The number of hydrogen-bond donors (Lipinski definition) is 3. The maximum Gasteiger partial charge on any atom is 0.408 e. The number of alkyl carbamates (subject to hydrolysis) is 2. The number of nitrogens with zero attached hydrogens (tertiary/aromatic N) is 1. The minimum atomic E-state index is -0.617. The normalized spacial score (nSPS) is 26.2. The molecule has 0 spiro atoms. The van der Waals surface area contributed by atoms with Crippen LogP contribution in [0, 0.1) is 52.3 Å². The molecule has 0 aromatic rings. The summed E-state index contributed by atoms with van der Waals surface area (Å²) in [5, 5.41) is 9.88. The summed E-state index contributed by atoms with van der Waals surface area (Å²) in [6.07, 6.45) is 22.3. The molecule has 7 unspecified atom stereocenters. The molecule has 9 atom stereocenters. The first-order chi connectivity index (χ1) is 34.2. The lowest BCUT2D eigenvalue weighted by Gasteiger charge is -2.58. The molecule has 3 saturated carbocycles. The molecule has 4 aliphatic rings. The van der Waals surface area contributed by atoms with Crippen LogP contribution in [0.25, 0.3) is 0 Å². The van der Waals surface area contributed by atoms with Crippen LogP contribution < -0.4 is 16.0 Å². The molecule has 3 amide bonds. The van der Waals surface area contributed by atoms with E-state index < -0.39 is 22.8 Å². The highest BCUT2D eigenvalue weighted by molar-refractivity contribution is 5.77. The molecule has 3 N–H and O–H groups in total. The van der Waals surface area contributed by atoms with E-state index in [9.17, 15) is 19.2 Å². The van der Waals surface area contributed by atoms with Gasteiger partial charge in [0.25, 0.3) is 0 Å². The average Bonchev–Trinajstić information content (AvgIpc) is 3.67. The van der Waals surface area contributed by atoms with Gasteiger partial charge < -0.3 is 35.1 Å². The summed E-state index contributed by atoms with van der Waals surface area (Å²) in [6, 6.07) is 0. The Labute approximate surface area is 447 Å². The van der Waals surface area contributed by atoms with Crippen molar-refractivity contribution in [1.29, 1.82) is 0 Å². The van der Waals surface area contributed by atoms with E-state index in [-0.39, 0.29) is 47.9 Å². The van der Waals surface area contributed by atoms with Gasteiger partial charge in [0.1, 0.15) is 17.3 Å². The van der Waals surface area contributed by atoms with Gasteiger partial charge in [-0.2, -0.15) is 0 Å². The van der Waals surface area contributed by atoms with Crippen LogP contribution in [0.1, 0.15) is 252 Å². The number of carbonyl (C=O) groups is 4. The number of allylic oxidation sites excluding steroid dienone is 1. The molecule has 11 heteroatoms. The van der Waals surface area contributed by atoms with Gasteiger partial charge in [0.05, 0.1) is 0 Å². The Kier molecular flexibility index (Phi) is 23.6. The molecule has 0 aliphatic heterocycles. The van der Waals surface area contributed by atoms with Crippen LogP contribution in [0.3, 0.4) is 0 Å². The summed E-state index contributed by atoms with van der Waals surface area (Å²) in [6.45, 7) is 37.2. The van der Waals surface area contributed by atoms with Crippen LogP contribution >= 0.6 is 0 Å². The van der Waals surface area contributed by atoms with Gasteiger partial charge in [-0.3, -0.25) is 9.59 Å². The van der Waals surface area contributed by atoms with Gasteiger partial charge in [-0.15, -0.1) is 0 Å². The largest absolute Gasteiger partial charge is 0.462 e. The lowest BCUT2D eigenvalue weighted by atomic mass is 9.47. The van der Waals surface area contributed by atoms with E-state index in [1.54, 1.807) is 0 Å². The van der Waals surface area contributed by atoms with E-state index in [0.717, 1.165) is 106 Å². The number of unbranched alkanes of at least 4 members (excludes halogenated alkanes) is 1. The number of hydrogen-bond acceptors (Lipinski definition) is 8. The predicted molar refractivity (Wildman–Crippen MR) is 299 cm³/mol. The van der Waals surface area contributed by atoms with Crippen LogP contribution in [-0.4, -0.2) is 83.5 Å². The summed E-state index contributed by atoms with van der Waals surface area (Å²) in [5.41, 5.74) is 0.150. The fourth-order valence-corrected chi connectivity index (χ4v) is 14.6. The second kappa shape index (κ2) is 27.5. The van der Waals surface area contributed by atoms with Crippen LogP contribution in [-0.2, 0) is 23.8 Å². The lowest BCUT2D eigenvalue weighted by molar-refractivity contribution is -0.151. The van der Waals surface area contributed by atoms with Gasteiger partial charge in [-0.25, -0.2) is 9.59 Å². The quantitative estimate of drug-likeness (QED) is 0.0305. The highest BCUT2D eigenvalue weighted by Gasteiger charge is 2.59. The molecule has 0 aromatic carbocycles. The van der Waals surface area contributed by atoms with Gasteiger partial charge in [0.15, 0.2) is 0 Å². The van der Waals surface area contributed by atoms with Crippen molar-refractivity contribution in [2.45, 2.75) is 280 Å². The standard InChI is InChI=1S/C62H112N4O7/c1-17-46(44(6)7)28-27-45(8)50-31-32-51-49-30-29-47-43-48(33-35-59(47,15)52(49)34-36-60(50,51)16)71-54(68)26-24-25-53(67)66(42-38-62(20-4,21-5)65-56(70)73-58(12,13)14)41-23-22-39-63-40-37-61(18-2,19-3)64-55(69)72-57(9,10)11/h29,44-46,48-52,63H,17-28,30-43H2,1-16H3,(H,64,69)(H,65,70)/t45-,46-,48?,49?,50?,51?,52?,59?,60?/m1/s1. The van der Waals surface area contributed by atoms with E-state index in [1.807, 2.05) is 46.4 Å². The van der Waals surface area contributed by atoms with Crippen molar-refractivity contribution in [3.8, 4) is 0 Å². The highest BCUT2D eigenvalue weighted by atomic mass is 16.6. The van der Waals surface area contributed by atoms with E-state index in [0.29, 0.717) is 44.2 Å². The third-order valence-electron chi connectivity index (χ3n) is 19.6. The Morgan fingerprint density at radius 3 is 1.90 bits per heavy atom. The van der Waals surface area contributed by atoms with Gasteiger partial charge in [0, 0.05) is 43.4 Å². The SMILES string of the molecule is CC[C@H](CC[C@@H](C)C1CCC2C3CC=C4CC(OC(=O)CCCC(=O)N(CCCCNCCC(CC)(CC)NC(=O)OC(C)(C)C)CCC(CC)(CC)NC(=O)OC(C)(C)C)CCC4(C)C3CCC21C)C(C)C. The number of esters is 1. The van der Waals surface area contributed by atoms with Gasteiger partial charge in [-0.1, -0.05) is 93.7 Å². The van der Waals surface area contributed by atoms with Crippen molar-refractivity contribution in [3.63, 3.8) is 0 Å². The highest BCUT2D eigenvalue weighted by Crippen LogP contribution is 2.67. The van der Waals surface area contributed by atoms with E-state index in [4.69, 9.17) is 14.2 Å². The molecule has 422 valence electrons. The molecule has 11 nitrogen and oxygen atoms in total. The number of amides is 3. The second-order valence-electron chi connectivity index (χ2n) is 26.7. The fraction of sp³-hybridized carbons (Fsp3) is 0.903. The van der Waals surface area contributed by atoms with Crippen LogP contribution in [0.4, 0.5) is 9.59 Å². The minimum Gasteiger partial charge on any atom is -0.462 e. The van der Waals surface area contributed by atoms with Crippen LogP contribution in [0.15, 0.2) is 11.6 Å². The molecule has 0 heterocycles. The number of nitrogens with one attached hydrogen (secondary N) is 3. The summed E-state index contributed by atoms with van der Waals surface area (Å²) >= 11 is 0. The maximum absolute atomic E-state index is 14.1. The molecule has 3 fully saturated rings. The molecule has 0 saturated heterocycles. The van der Waals surface area contributed by atoms with Crippen LogP contribution in [0.2, 0.25) is 0 Å². The number of rotatable bonds is 28. The topological polar surface area (TPSA) is 135 Å². The molecule has 0 radical (unpaired) electrons. The third kappa shape index (κ3) is 17.6. The fourth-order valence-electron chi connectivity index (χ4n) is 14.6. The molecule has 0 aromatic heterocycles. The Balaban J connectivity index is 1.30. The number of ether oxygens (including phenoxy) is 3. The first kappa shape index (κ1) is 62.7. The molecule has 4 aliphatic carbocycles. The van der Waals surface area contributed by atoms with Gasteiger partial charge in [0.2, 0.25) is 5.91 Å². The Bertz CT molecular complexity index is 1780. The predicted octanol–water partition coefficient (Wildman–Crippen LogP) is 14.9. The molecular weight excluding hydrogens is 913 g/mol. The average molecular weight is 1030 g/mol. The smallest absolute Gasteiger partial charge is 0.408 e. The molecule has 4 rings (SSSR count). The van der Waals surface area contributed by atoms with E-state index >= 15 is 0 Å². The van der Waals surface area contributed by atoms with Crippen LogP contribution in [0.5, 0.6) is 0 Å². The van der Waals surface area contributed by atoms with Gasteiger partial charge in [-0.05, 0) is 216 Å². The lowest BCUT2D eigenvalue weighted by Crippen LogP contribution is -2.51. The van der Waals surface area contributed by atoms with Crippen molar-refractivity contribution in [1.82, 2.24) is 20.9 Å². The zero-order valence-corrected chi connectivity index (χ0v) is 49.9. The summed E-state index contributed by atoms with van der Waals surface area (Å²) in [7, 11) is 0. The van der Waals surface area contributed by atoms with Crippen molar-refractivity contribution in [2.24, 2.45) is 52.3 Å². The number of fused-ring (bicyclic) bond motifs is 5. The van der Waals surface area contributed by atoms with Crippen molar-refractivity contribution >= 4 is 24.1 Å². The Hall–Kier alpha value is -2.82. The zero-order valence-electron chi connectivity index (χ0n) is 49.9. The van der Waals surface area contributed by atoms with E-state index in [1.165, 1.54) is 56.9 Å². The second-order valence-corrected chi connectivity index (χ2v) is 26.7. The monoisotopic (exact) mass is 1020 g/mol. The van der Waals surface area contributed by atoms with Crippen molar-refractivity contribution in [2.75, 3.05) is 26.2 Å². The molecule has 0 bridgehead atoms. The molecule has 73 heavy (non-hydrogen) atoms. The zero-order chi connectivity index (χ0) is 54.4. The van der Waals surface area contributed by atoms with Crippen molar-refractivity contribution in [3.05, 3.63) is 11.6 Å². The Morgan fingerprint density at radius 2 is 1.33 bits per heavy atom. The maximum atomic E-state index is 14.1. The van der Waals surface area contributed by atoms with E-state index in [2.05, 4.69) is 91.3 Å². The first-order valence-electron chi connectivity index (χ1n) is 30.1. The van der Waals surface area contributed by atoms with Gasteiger partial charge >= 0.3 is 18.2 Å². The first-order valence-corrected chi connectivity index (χ1v) is 30.1. The summed E-state index contributed by atoms with van der Waals surface area (Å²) in [5.74, 6) is 5.42. The number of carbonyl (C=O) groups excluding carboxylic acids is 4. The third-order valence-corrected chi connectivity index (χ3v) is 19.6. The minimum absolute atomic E-state index is 0.0289. The van der Waals surface area contributed by atoms with Crippen molar-refractivity contribution < 1.29 is 33.4 Å². The Morgan fingerprint density at radius 1 is 0.712 bits per heavy atom. The molecular formula is C62H112N4O7.